The molecule has 0 amide bonds. The zero-order chi connectivity index (χ0) is 2.71. The van der Waals surface area contributed by atoms with Crippen molar-refractivity contribution in [2.24, 2.45) is 0 Å². The van der Waals surface area contributed by atoms with Gasteiger partial charge in [-0.2, -0.15) is 6.92 Å². The van der Waals surface area contributed by atoms with Crippen LogP contribution in [-0.2, 0) is 25.2 Å². The largest absolute Gasteiger partial charge is 0.542 e. The maximum absolute atomic E-state index is 8.68. The maximum atomic E-state index is 8.68. The molecule has 0 aliphatic heterocycles. The molecule has 0 heterocycles. The van der Waals surface area contributed by atoms with Gasteiger partial charge in [0.2, 0.25) is 0 Å². The van der Waals surface area contributed by atoms with Gasteiger partial charge in [0, 0.05) is 20.4 Å². The Bertz CT molecular complexity index is 13.5. The van der Waals surface area contributed by atoms with Crippen molar-refractivity contribution in [1.29, 1.82) is 0 Å². The van der Waals surface area contributed by atoms with Gasteiger partial charge >= 0.3 is 0 Å². The topological polar surface area (TPSA) is 17.1 Å². The Labute approximate surface area is 39.0 Å². The first-order valence-electron chi connectivity index (χ1n) is 0.704. The molecule has 0 N–H and O–H groups in total. The average molecular weight is 149 g/mol. The van der Waals surface area contributed by atoms with Gasteiger partial charge in [0.25, 0.3) is 0 Å². The van der Waals surface area contributed by atoms with Crippen molar-refractivity contribution in [1.82, 2.24) is 0 Å². The minimum Gasteiger partial charge on any atom is -0.542 e. The minimum absolute atomic E-state index is 0. The SMILES string of the molecule is C[C-]=O.[Pd]. The van der Waals surface area contributed by atoms with Crippen LogP contribution in [0.2, 0.25) is 0 Å². The Kier molecular flexibility index (Phi) is 22.6. The summed E-state index contributed by atoms with van der Waals surface area (Å²) in [6, 6.07) is 0. The van der Waals surface area contributed by atoms with Crippen molar-refractivity contribution < 1.29 is 25.2 Å². The Hall–Kier alpha value is 0.332. The molecular weight excluding hydrogens is 146 g/mol. The monoisotopic (exact) mass is 149 g/mol. The fourth-order valence-electron chi connectivity index (χ4n) is 0. The molecule has 2 heteroatoms. The normalized spacial score (nSPS) is 3.25. The third-order valence-electron chi connectivity index (χ3n) is 0. The summed E-state index contributed by atoms with van der Waals surface area (Å²) >= 11 is 0. The van der Waals surface area contributed by atoms with Gasteiger partial charge in [0.1, 0.15) is 0 Å². The van der Waals surface area contributed by atoms with Gasteiger partial charge in [-0.3, -0.25) is 6.29 Å². The van der Waals surface area contributed by atoms with Crippen LogP contribution in [0.4, 0.5) is 0 Å². The minimum atomic E-state index is 0. The van der Waals surface area contributed by atoms with E-state index in [1.54, 1.807) is 0 Å². The van der Waals surface area contributed by atoms with Crippen molar-refractivity contribution in [3.63, 3.8) is 0 Å². The van der Waals surface area contributed by atoms with Crippen LogP contribution in [0, 0.1) is 0 Å². The molecule has 0 aromatic rings. The smallest absolute Gasteiger partial charge is 0 e. The second-order valence-electron chi connectivity index (χ2n) is 0.204. The summed E-state index contributed by atoms with van der Waals surface area (Å²) in [6.07, 6.45) is 1.50. The van der Waals surface area contributed by atoms with E-state index in [-0.39, 0.29) is 20.4 Å². The van der Waals surface area contributed by atoms with Gasteiger partial charge in [0.15, 0.2) is 0 Å². The van der Waals surface area contributed by atoms with Gasteiger partial charge in [-0.25, -0.2) is 0 Å². The van der Waals surface area contributed by atoms with E-state index in [0.29, 0.717) is 0 Å². The predicted molar refractivity (Wildman–Crippen MR) is 11.4 cm³/mol. The van der Waals surface area contributed by atoms with Crippen molar-refractivity contribution in [3.05, 3.63) is 0 Å². The van der Waals surface area contributed by atoms with E-state index in [4.69, 9.17) is 4.79 Å². The molecule has 0 spiro atoms. The summed E-state index contributed by atoms with van der Waals surface area (Å²) in [4.78, 5) is 8.68. The van der Waals surface area contributed by atoms with Crippen molar-refractivity contribution >= 4 is 6.29 Å². The first kappa shape index (κ1) is 8.84. The maximum Gasteiger partial charge on any atom is 0 e. The van der Waals surface area contributed by atoms with Crippen LogP contribution in [0.5, 0.6) is 0 Å². The van der Waals surface area contributed by atoms with E-state index in [1.807, 2.05) is 0 Å². The van der Waals surface area contributed by atoms with Crippen LogP contribution < -0.4 is 0 Å². The third-order valence-corrected chi connectivity index (χ3v) is 0. The molecule has 0 atom stereocenters. The first-order valence-corrected chi connectivity index (χ1v) is 0.704. The van der Waals surface area contributed by atoms with Crippen molar-refractivity contribution in [2.45, 2.75) is 6.92 Å². The molecule has 4 heavy (non-hydrogen) atoms. The third kappa shape index (κ3) is 37.5. The van der Waals surface area contributed by atoms with E-state index < -0.39 is 0 Å². The molecule has 0 unspecified atom stereocenters. The number of carbonyl (C=O) groups excluding carboxylic acids is 1. The van der Waals surface area contributed by atoms with Crippen LogP contribution in [0.25, 0.3) is 0 Å². The van der Waals surface area contributed by atoms with Gasteiger partial charge in [0.05, 0.1) is 0 Å². The fourth-order valence-corrected chi connectivity index (χ4v) is 0. The molecule has 0 aromatic heterocycles. The van der Waals surface area contributed by atoms with Crippen LogP contribution >= 0.6 is 0 Å². The van der Waals surface area contributed by atoms with Crippen LogP contribution in [-0.4, -0.2) is 6.29 Å². The summed E-state index contributed by atoms with van der Waals surface area (Å²) < 4.78 is 0. The standard InChI is InChI=1S/C2H3O.Pd/c1-2-3;/h1H3;/q-1;. The predicted octanol–water partition coefficient (Wildman–Crippen LogP) is 0.113. The van der Waals surface area contributed by atoms with Crippen LogP contribution in [0.15, 0.2) is 0 Å². The number of rotatable bonds is 0. The number of hydrogen-bond acceptors (Lipinski definition) is 1. The van der Waals surface area contributed by atoms with Gasteiger partial charge in [-0.05, 0) is 0 Å². The Balaban J connectivity index is 0. The van der Waals surface area contributed by atoms with Crippen molar-refractivity contribution in [3.8, 4) is 0 Å². The van der Waals surface area contributed by atoms with Gasteiger partial charge < -0.3 is 4.79 Å². The van der Waals surface area contributed by atoms with E-state index in [2.05, 4.69) is 0 Å². The molecule has 0 aliphatic rings. The quantitative estimate of drug-likeness (QED) is 0.353. The zero-order valence-electron chi connectivity index (χ0n) is 2.22. The van der Waals surface area contributed by atoms with E-state index in [0.717, 1.165) is 0 Å². The molecule has 0 radical (unpaired) electrons. The van der Waals surface area contributed by atoms with Crippen LogP contribution in [0.1, 0.15) is 6.92 Å². The summed E-state index contributed by atoms with van der Waals surface area (Å²) in [6.45, 7) is 1.32. The van der Waals surface area contributed by atoms with Gasteiger partial charge in [-0.1, -0.05) is 0 Å². The average Bonchev–Trinajstić information content (AvgIpc) is 0.918. The first-order chi connectivity index (χ1) is 1.41. The Morgan fingerprint density at radius 1 is 1.75 bits per heavy atom. The van der Waals surface area contributed by atoms with Crippen LogP contribution in [0.3, 0.4) is 0 Å². The Morgan fingerprint density at radius 2 is 1.75 bits per heavy atom. The molecule has 0 rings (SSSR count). The fraction of sp³-hybridized carbons (Fsp3) is 0.500. The molecule has 1 nitrogen and oxygen atoms in total. The second kappa shape index (κ2) is 10.2. The molecule has 0 bridgehead atoms. The van der Waals surface area contributed by atoms with E-state index in [1.165, 1.54) is 13.2 Å². The molecule has 0 fully saturated rings. The summed E-state index contributed by atoms with van der Waals surface area (Å²) in [5, 5.41) is 0. The summed E-state index contributed by atoms with van der Waals surface area (Å²) in [5.74, 6) is 0. The van der Waals surface area contributed by atoms with Crippen molar-refractivity contribution in [2.75, 3.05) is 0 Å². The Morgan fingerprint density at radius 3 is 1.75 bits per heavy atom. The molecule has 0 aromatic carbocycles. The molecule has 28 valence electrons. The number of hydrogen-bond donors (Lipinski definition) is 0. The molecule has 0 aliphatic carbocycles. The van der Waals surface area contributed by atoms with Gasteiger partial charge in [-0.15, -0.1) is 0 Å². The zero-order valence-corrected chi connectivity index (χ0v) is 3.78. The second-order valence-corrected chi connectivity index (χ2v) is 0.204. The summed E-state index contributed by atoms with van der Waals surface area (Å²) in [5.41, 5.74) is 0. The molecule has 0 saturated heterocycles. The summed E-state index contributed by atoms with van der Waals surface area (Å²) in [7, 11) is 0. The molecular formula is C2H3OPd-. The van der Waals surface area contributed by atoms with E-state index >= 15 is 0 Å². The van der Waals surface area contributed by atoms with E-state index in [9.17, 15) is 0 Å². The molecule has 0 saturated carbocycles.